The summed E-state index contributed by atoms with van der Waals surface area (Å²) in [7, 11) is 1.72. The first-order valence-electron chi connectivity index (χ1n) is 10.3. The van der Waals surface area contributed by atoms with Gasteiger partial charge >= 0.3 is 0 Å². The van der Waals surface area contributed by atoms with E-state index in [1.54, 1.807) is 13.3 Å². The number of carbonyl (C=O) groups excluding carboxylic acids is 1. The molecule has 2 aromatic heterocycles. The molecule has 3 aromatic rings. The molecule has 1 unspecified atom stereocenters. The van der Waals surface area contributed by atoms with E-state index in [2.05, 4.69) is 27.3 Å². The second-order valence-electron chi connectivity index (χ2n) is 7.61. The fourth-order valence-electron chi connectivity index (χ4n) is 4.13. The first-order chi connectivity index (χ1) is 14.7. The molecule has 1 atom stereocenters. The predicted molar refractivity (Wildman–Crippen MR) is 120 cm³/mol. The van der Waals surface area contributed by atoms with Gasteiger partial charge < -0.3 is 10.1 Å². The first-order valence-corrected chi connectivity index (χ1v) is 11.2. The number of nitrogens with one attached hydrogen (secondary N) is 1. The minimum absolute atomic E-state index is 0.0166. The van der Waals surface area contributed by atoms with Crippen molar-refractivity contribution in [3.8, 4) is 5.75 Å². The molecule has 6 heteroatoms. The molecule has 0 saturated carbocycles. The number of benzene rings is 1. The fraction of sp³-hybridized carbons (Fsp3) is 0.333. The lowest BCUT2D eigenvalue weighted by atomic mass is 9.87. The van der Waals surface area contributed by atoms with Crippen LogP contribution in [0.15, 0.2) is 66.2 Å². The zero-order valence-corrected chi connectivity index (χ0v) is 18.0. The molecule has 1 aromatic carbocycles. The number of nitrogens with zero attached hydrogens (tertiary/aromatic N) is 2. The van der Waals surface area contributed by atoms with E-state index in [0.29, 0.717) is 5.92 Å². The van der Waals surface area contributed by atoms with Crippen LogP contribution in [0.5, 0.6) is 5.75 Å². The van der Waals surface area contributed by atoms with Crippen molar-refractivity contribution >= 4 is 17.2 Å². The third-order valence-electron chi connectivity index (χ3n) is 5.73. The van der Waals surface area contributed by atoms with Gasteiger partial charge in [0, 0.05) is 18.3 Å². The Labute approximate surface area is 181 Å². The van der Waals surface area contributed by atoms with Gasteiger partial charge in [0.1, 0.15) is 5.75 Å². The summed E-state index contributed by atoms with van der Waals surface area (Å²) in [4.78, 5) is 20.5. The number of para-hydroxylation sites is 1. The maximum atomic E-state index is 12.8. The number of hydrogen-bond donors (Lipinski definition) is 1. The standard InChI is InChI=1S/C24H27N3O2S/c1-29-21-9-3-2-7-19(21)17-27-14-11-18(12-15-27)23(20-8-4-5-13-25-20)26-24(28)22-10-6-16-30-22/h2-10,13,16,18,23H,11-12,14-15,17H2,1H3,(H,26,28). The Hall–Kier alpha value is -2.70. The van der Waals surface area contributed by atoms with E-state index in [1.165, 1.54) is 16.9 Å². The van der Waals surface area contributed by atoms with Crippen molar-refractivity contribution in [3.05, 3.63) is 82.3 Å². The van der Waals surface area contributed by atoms with E-state index in [-0.39, 0.29) is 11.9 Å². The molecule has 1 saturated heterocycles. The molecule has 1 aliphatic rings. The molecule has 1 amide bonds. The van der Waals surface area contributed by atoms with Crippen molar-refractivity contribution in [2.45, 2.75) is 25.4 Å². The molecular formula is C24H27N3O2S. The lowest BCUT2D eigenvalue weighted by molar-refractivity contribution is 0.0892. The van der Waals surface area contributed by atoms with E-state index >= 15 is 0 Å². The summed E-state index contributed by atoms with van der Waals surface area (Å²) in [6.07, 6.45) is 3.83. The maximum absolute atomic E-state index is 12.8. The summed E-state index contributed by atoms with van der Waals surface area (Å²) in [5, 5.41) is 5.19. The number of amides is 1. The number of thiophene rings is 1. The monoisotopic (exact) mass is 421 g/mol. The molecule has 1 N–H and O–H groups in total. The lowest BCUT2D eigenvalue weighted by Crippen LogP contribution is -2.40. The zero-order valence-electron chi connectivity index (χ0n) is 17.2. The van der Waals surface area contributed by atoms with Gasteiger partial charge in [-0.3, -0.25) is 14.7 Å². The number of hydrogen-bond acceptors (Lipinski definition) is 5. The zero-order chi connectivity index (χ0) is 20.8. The van der Waals surface area contributed by atoms with Gasteiger partial charge in [0.15, 0.2) is 0 Å². The Morgan fingerprint density at radius 3 is 2.67 bits per heavy atom. The fourth-order valence-corrected chi connectivity index (χ4v) is 4.76. The Bertz CT molecular complexity index is 938. The Kier molecular flexibility index (Phi) is 6.77. The quantitative estimate of drug-likeness (QED) is 0.609. The second-order valence-corrected chi connectivity index (χ2v) is 8.56. The van der Waals surface area contributed by atoms with Crippen LogP contribution in [0.1, 0.15) is 39.8 Å². The molecule has 3 heterocycles. The van der Waals surface area contributed by atoms with E-state index in [9.17, 15) is 4.79 Å². The number of methoxy groups -OCH3 is 1. The summed E-state index contributed by atoms with van der Waals surface area (Å²) in [6, 6.07) is 17.8. The van der Waals surface area contributed by atoms with E-state index in [0.717, 1.165) is 48.8 Å². The van der Waals surface area contributed by atoms with Crippen molar-refractivity contribution in [1.82, 2.24) is 15.2 Å². The van der Waals surface area contributed by atoms with E-state index in [1.807, 2.05) is 47.8 Å². The van der Waals surface area contributed by atoms with Gasteiger partial charge in [-0.25, -0.2) is 0 Å². The molecule has 0 aliphatic carbocycles. The van der Waals surface area contributed by atoms with Crippen molar-refractivity contribution in [2.75, 3.05) is 20.2 Å². The van der Waals surface area contributed by atoms with Gasteiger partial charge in [-0.2, -0.15) is 0 Å². The van der Waals surface area contributed by atoms with Crippen molar-refractivity contribution in [2.24, 2.45) is 5.92 Å². The van der Waals surface area contributed by atoms with Crippen LogP contribution < -0.4 is 10.1 Å². The number of carbonyl (C=O) groups is 1. The molecule has 5 nitrogen and oxygen atoms in total. The Balaban J connectivity index is 1.43. The molecular weight excluding hydrogens is 394 g/mol. The smallest absolute Gasteiger partial charge is 0.261 e. The van der Waals surface area contributed by atoms with Gasteiger partial charge in [-0.1, -0.05) is 30.3 Å². The van der Waals surface area contributed by atoms with Crippen LogP contribution in [0.2, 0.25) is 0 Å². The van der Waals surface area contributed by atoms with E-state index < -0.39 is 0 Å². The van der Waals surface area contributed by atoms with Gasteiger partial charge in [-0.05, 0) is 61.5 Å². The van der Waals surface area contributed by atoms with Crippen LogP contribution in [-0.2, 0) is 6.54 Å². The second kappa shape index (κ2) is 9.87. The van der Waals surface area contributed by atoms with Crippen LogP contribution in [0.3, 0.4) is 0 Å². The topological polar surface area (TPSA) is 54.5 Å². The highest BCUT2D eigenvalue weighted by Gasteiger charge is 2.30. The summed E-state index contributed by atoms with van der Waals surface area (Å²) in [5.41, 5.74) is 2.15. The van der Waals surface area contributed by atoms with Gasteiger partial charge in [0.2, 0.25) is 0 Å². The molecule has 0 spiro atoms. The minimum atomic E-state index is -0.0748. The van der Waals surface area contributed by atoms with Crippen molar-refractivity contribution in [3.63, 3.8) is 0 Å². The molecule has 0 bridgehead atoms. The summed E-state index contributed by atoms with van der Waals surface area (Å²) >= 11 is 1.47. The number of pyridine rings is 1. The molecule has 1 fully saturated rings. The highest BCUT2D eigenvalue weighted by Crippen LogP contribution is 2.31. The lowest BCUT2D eigenvalue weighted by Gasteiger charge is -2.36. The molecule has 4 rings (SSSR count). The molecule has 1 aliphatic heterocycles. The summed E-state index contributed by atoms with van der Waals surface area (Å²) < 4.78 is 5.50. The van der Waals surface area contributed by atoms with Gasteiger partial charge in [0.25, 0.3) is 5.91 Å². The van der Waals surface area contributed by atoms with Crippen LogP contribution in [0.25, 0.3) is 0 Å². The highest BCUT2D eigenvalue weighted by atomic mass is 32.1. The summed E-state index contributed by atoms with van der Waals surface area (Å²) in [5.74, 6) is 1.28. The molecule has 30 heavy (non-hydrogen) atoms. The van der Waals surface area contributed by atoms with Gasteiger partial charge in [0.05, 0.1) is 23.7 Å². The van der Waals surface area contributed by atoms with Crippen molar-refractivity contribution < 1.29 is 9.53 Å². The molecule has 0 radical (unpaired) electrons. The number of likely N-dealkylation sites (tertiary alicyclic amines) is 1. The van der Waals surface area contributed by atoms with Gasteiger partial charge in [-0.15, -0.1) is 11.3 Å². The largest absolute Gasteiger partial charge is 0.496 e. The molecule has 156 valence electrons. The van der Waals surface area contributed by atoms with Crippen LogP contribution >= 0.6 is 11.3 Å². The number of ether oxygens (including phenoxy) is 1. The van der Waals surface area contributed by atoms with Crippen LogP contribution in [-0.4, -0.2) is 36.0 Å². The predicted octanol–water partition coefficient (Wildman–Crippen LogP) is 4.54. The number of piperidine rings is 1. The Morgan fingerprint density at radius 2 is 1.97 bits per heavy atom. The Morgan fingerprint density at radius 1 is 1.17 bits per heavy atom. The minimum Gasteiger partial charge on any atom is -0.496 e. The summed E-state index contributed by atoms with van der Waals surface area (Å²) in [6.45, 7) is 2.86. The van der Waals surface area contributed by atoms with Crippen LogP contribution in [0.4, 0.5) is 0 Å². The SMILES string of the molecule is COc1ccccc1CN1CCC(C(NC(=O)c2cccs2)c2ccccn2)CC1. The third-order valence-corrected chi connectivity index (χ3v) is 6.60. The average Bonchev–Trinajstić information content (AvgIpc) is 3.34. The van der Waals surface area contributed by atoms with E-state index in [4.69, 9.17) is 4.74 Å². The first kappa shape index (κ1) is 20.6. The number of aromatic nitrogens is 1. The highest BCUT2D eigenvalue weighted by molar-refractivity contribution is 7.12. The van der Waals surface area contributed by atoms with Crippen molar-refractivity contribution in [1.29, 1.82) is 0 Å². The van der Waals surface area contributed by atoms with Crippen LogP contribution in [0, 0.1) is 5.92 Å². The third kappa shape index (κ3) is 4.89. The normalized spacial score (nSPS) is 16.2. The number of rotatable bonds is 7. The average molecular weight is 422 g/mol. The maximum Gasteiger partial charge on any atom is 0.261 e.